The summed E-state index contributed by atoms with van der Waals surface area (Å²) >= 11 is 0. The van der Waals surface area contributed by atoms with Crippen molar-refractivity contribution in [1.29, 1.82) is 0 Å². The van der Waals surface area contributed by atoms with Gasteiger partial charge in [0.05, 0.1) is 6.61 Å². The Morgan fingerprint density at radius 2 is 2.21 bits per heavy atom. The summed E-state index contributed by atoms with van der Waals surface area (Å²) in [4.78, 5) is 13.6. The third-order valence-electron chi connectivity index (χ3n) is 2.76. The summed E-state index contributed by atoms with van der Waals surface area (Å²) in [5.74, 6) is -0.0690. The van der Waals surface area contributed by atoms with E-state index in [9.17, 15) is 9.90 Å². The van der Waals surface area contributed by atoms with Crippen molar-refractivity contribution < 1.29 is 9.90 Å². The maximum atomic E-state index is 11.5. The quantitative estimate of drug-likeness (QED) is 0.658. The average molecular weight is 200 g/mol. The molecule has 14 heavy (non-hydrogen) atoms. The van der Waals surface area contributed by atoms with E-state index < -0.39 is 6.04 Å². The first kappa shape index (κ1) is 11.5. The second-order valence-corrected chi connectivity index (χ2v) is 4.73. The van der Waals surface area contributed by atoms with E-state index in [-0.39, 0.29) is 24.1 Å². The predicted octanol–water partition coefficient (Wildman–Crippen LogP) is -0.0339. The van der Waals surface area contributed by atoms with Gasteiger partial charge in [-0.2, -0.15) is 0 Å². The minimum Gasteiger partial charge on any atom is -0.394 e. The largest absolute Gasteiger partial charge is 0.394 e. The highest BCUT2D eigenvalue weighted by Gasteiger charge is 2.41. The van der Waals surface area contributed by atoms with E-state index in [0.29, 0.717) is 6.54 Å². The van der Waals surface area contributed by atoms with Gasteiger partial charge in [-0.15, -0.1) is 0 Å². The van der Waals surface area contributed by atoms with Gasteiger partial charge in [-0.05, 0) is 27.7 Å². The molecule has 0 aromatic carbocycles. The van der Waals surface area contributed by atoms with Crippen molar-refractivity contribution in [1.82, 2.24) is 10.2 Å². The van der Waals surface area contributed by atoms with Crippen molar-refractivity contribution in [3.63, 3.8) is 0 Å². The lowest BCUT2D eigenvalue weighted by Gasteiger charge is -2.48. The lowest BCUT2D eigenvalue weighted by atomic mass is 9.94. The van der Waals surface area contributed by atoms with E-state index in [1.54, 1.807) is 0 Å². The third kappa shape index (κ3) is 1.91. The van der Waals surface area contributed by atoms with Gasteiger partial charge in [-0.25, -0.2) is 0 Å². The molecule has 1 aliphatic rings. The van der Waals surface area contributed by atoms with Crippen LogP contribution in [0.3, 0.4) is 0 Å². The Morgan fingerprint density at radius 3 is 2.57 bits per heavy atom. The van der Waals surface area contributed by atoms with Crippen LogP contribution in [-0.4, -0.2) is 46.7 Å². The first-order chi connectivity index (χ1) is 6.40. The van der Waals surface area contributed by atoms with E-state index in [2.05, 4.69) is 24.1 Å². The predicted molar refractivity (Wildman–Crippen MR) is 54.9 cm³/mol. The van der Waals surface area contributed by atoms with E-state index in [4.69, 9.17) is 0 Å². The molecule has 1 atom stereocenters. The van der Waals surface area contributed by atoms with E-state index in [1.165, 1.54) is 0 Å². The molecule has 1 amide bonds. The van der Waals surface area contributed by atoms with Crippen LogP contribution >= 0.6 is 0 Å². The fourth-order valence-electron chi connectivity index (χ4n) is 2.29. The second-order valence-electron chi connectivity index (χ2n) is 4.73. The number of nitrogens with one attached hydrogen (secondary N) is 1. The van der Waals surface area contributed by atoms with Crippen LogP contribution in [0.15, 0.2) is 0 Å². The van der Waals surface area contributed by atoms with Crippen LogP contribution in [0.4, 0.5) is 0 Å². The zero-order valence-corrected chi connectivity index (χ0v) is 9.37. The minimum absolute atomic E-state index is 0.0690. The van der Waals surface area contributed by atoms with Crippen molar-refractivity contribution in [2.75, 3.05) is 13.2 Å². The molecule has 1 heterocycles. The van der Waals surface area contributed by atoms with E-state index in [1.807, 2.05) is 13.8 Å². The average Bonchev–Trinajstić information content (AvgIpc) is 2.07. The molecule has 1 aliphatic heterocycles. The number of hydrogen-bond donors (Lipinski definition) is 2. The number of aliphatic hydroxyl groups is 1. The maximum absolute atomic E-state index is 11.5. The van der Waals surface area contributed by atoms with Crippen LogP contribution in [0, 0.1) is 0 Å². The van der Waals surface area contributed by atoms with Gasteiger partial charge in [-0.1, -0.05) is 0 Å². The van der Waals surface area contributed by atoms with Crippen molar-refractivity contribution in [3.05, 3.63) is 0 Å². The molecule has 82 valence electrons. The van der Waals surface area contributed by atoms with Crippen molar-refractivity contribution in [3.8, 4) is 0 Å². The summed E-state index contributed by atoms with van der Waals surface area (Å²) in [6.07, 6.45) is 0. The van der Waals surface area contributed by atoms with Crippen molar-refractivity contribution in [2.45, 2.75) is 45.3 Å². The highest BCUT2D eigenvalue weighted by molar-refractivity contribution is 5.83. The number of nitrogens with zero attached hydrogens (tertiary/aromatic N) is 1. The molecule has 0 aromatic heterocycles. The lowest BCUT2D eigenvalue weighted by Crippen LogP contribution is -2.68. The summed E-state index contributed by atoms with van der Waals surface area (Å²) in [6, 6.07) is -0.146. The van der Waals surface area contributed by atoms with Crippen LogP contribution in [0.1, 0.15) is 27.7 Å². The fraction of sp³-hybridized carbons (Fsp3) is 0.900. The minimum atomic E-state index is -0.404. The highest BCUT2D eigenvalue weighted by Crippen LogP contribution is 2.23. The second kappa shape index (κ2) is 3.87. The summed E-state index contributed by atoms with van der Waals surface area (Å²) in [7, 11) is 0. The molecule has 0 spiro atoms. The Balaban J connectivity index is 2.93. The van der Waals surface area contributed by atoms with Gasteiger partial charge in [0.1, 0.15) is 6.04 Å². The molecule has 1 saturated heterocycles. The molecular weight excluding hydrogens is 180 g/mol. The molecule has 4 heteroatoms. The van der Waals surface area contributed by atoms with Gasteiger partial charge < -0.3 is 10.4 Å². The van der Waals surface area contributed by atoms with Gasteiger partial charge >= 0.3 is 0 Å². The standard InChI is InChI=1S/C10H20N2O2/c1-7(2)12-8(5-13)9(14)11-6-10(12,3)4/h7-8,13H,5-6H2,1-4H3,(H,11,14). The number of amides is 1. The van der Waals surface area contributed by atoms with Gasteiger partial charge in [0.15, 0.2) is 0 Å². The molecule has 1 rings (SSSR count). The Kier molecular flexibility index (Phi) is 3.17. The fourth-order valence-corrected chi connectivity index (χ4v) is 2.29. The smallest absolute Gasteiger partial charge is 0.239 e. The summed E-state index contributed by atoms with van der Waals surface area (Å²) in [5, 5.41) is 12.0. The molecule has 1 unspecified atom stereocenters. The molecule has 0 aliphatic carbocycles. The van der Waals surface area contributed by atoms with Gasteiger partial charge in [-0.3, -0.25) is 9.69 Å². The number of carbonyl (C=O) groups is 1. The normalized spacial score (nSPS) is 27.9. The SMILES string of the molecule is CC(C)N1C(CO)C(=O)NCC1(C)C. The van der Waals surface area contributed by atoms with Crippen LogP contribution < -0.4 is 5.32 Å². The summed E-state index contributed by atoms with van der Waals surface area (Å²) < 4.78 is 0. The third-order valence-corrected chi connectivity index (χ3v) is 2.76. The van der Waals surface area contributed by atoms with Crippen LogP contribution in [0.25, 0.3) is 0 Å². The number of aliphatic hydroxyl groups excluding tert-OH is 1. The van der Waals surface area contributed by atoms with Gasteiger partial charge in [0, 0.05) is 18.1 Å². The van der Waals surface area contributed by atoms with Crippen LogP contribution in [-0.2, 0) is 4.79 Å². The monoisotopic (exact) mass is 200 g/mol. The van der Waals surface area contributed by atoms with E-state index >= 15 is 0 Å². The molecule has 0 aromatic rings. The summed E-state index contributed by atoms with van der Waals surface area (Å²) in [6.45, 7) is 8.77. The molecule has 0 radical (unpaired) electrons. The Morgan fingerprint density at radius 1 is 1.64 bits per heavy atom. The molecule has 0 bridgehead atoms. The number of carbonyl (C=O) groups excluding carboxylic acids is 1. The Labute approximate surface area is 85.3 Å². The Bertz CT molecular complexity index is 226. The van der Waals surface area contributed by atoms with E-state index in [0.717, 1.165) is 0 Å². The molecular formula is C10H20N2O2. The molecule has 4 nitrogen and oxygen atoms in total. The number of rotatable bonds is 2. The zero-order valence-electron chi connectivity index (χ0n) is 9.37. The maximum Gasteiger partial charge on any atom is 0.239 e. The Hall–Kier alpha value is -0.610. The molecule has 1 fully saturated rings. The molecule has 0 saturated carbocycles. The topological polar surface area (TPSA) is 52.6 Å². The van der Waals surface area contributed by atoms with Crippen LogP contribution in [0.2, 0.25) is 0 Å². The van der Waals surface area contributed by atoms with Crippen LogP contribution in [0.5, 0.6) is 0 Å². The zero-order chi connectivity index (χ0) is 10.9. The van der Waals surface area contributed by atoms with Crippen molar-refractivity contribution >= 4 is 5.91 Å². The first-order valence-corrected chi connectivity index (χ1v) is 5.07. The highest BCUT2D eigenvalue weighted by atomic mass is 16.3. The first-order valence-electron chi connectivity index (χ1n) is 5.07. The molecule has 2 N–H and O–H groups in total. The van der Waals surface area contributed by atoms with Gasteiger partial charge in [0.25, 0.3) is 0 Å². The van der Waals surface area contributed by atoms with Gasteiger partial charge in [0.2, 0.25) is 5.91 Å². The number of hydrogen-bond acceptors (Lipinski definition) is 3. The van der Waals surface area contributed by atoms with Crippen molar-refractivity contribution in [2.24, 2.45) is 0 Å². The lowest BCUT2D eigenvalue weighted by molar-refractivity contribution is -0.138. The number of piperazine rings is 1. The summed E-state index contributed by atoms with van der Waals surface area (Å²) in [5.41, 5.74) is -0.0878.